The minimum absolute atomic E-state index is 0.0532. The summed E-state index contributed by atoms with van der Waals surface area (Å²) < 4.78 is 25.9. The van der Waals surface area contributed by atoms with E-state index < -0.39 is 11.6 Å². The highest BCUT2D eigenvalue weighted by Crippen LogP contribution is 2.66. The predicted octanol–water partition coefficient (Wildman–Crippen LogP) is 6.41. The van der Waals surface area contributed by atoms with Crippen LogP contribution in [0.15, 0.2) is 0 Å². The highest BCUT2D eigenvalue weighted by molar-refractivity contribution is 5.10. The molecule has 0 aromatic heterocycles. The quantitative estimate of drug-likeness (QED) is 0.372. The molecule has 40 heavy (non-hydrogen) atoms. The molecule has 0 aromatic carbocycles. The lowest BCUT2D eigenvalue weighted by molar-refractivity contribution is -0.159. The second-order valence-electron chi connectivity index (χ2n) is 16.4. The zero-order valence-electron chi connectivity index (χ0n) is 27.1. The van der Waals surface area contributed by atoms with Crippen LogP contribution in [0.5, 0.6) is 0 Å². The molecule has 3 aliphatic carbocycles. The number of ether oxygens (including phenoxy) is 4. The molecule has 0 spiro atoms. The summed E-state index contributed by atoms with van der Waals surface area (Å²) in [5.41, 5.74) is 0.0879. The van der Waals surface area contributed by atoms with Crippen molar-refractivity contribution in [3.63, 3.8) is 0 Å². The van der Waals surface area contributed by atoms with E-state index in [0.29, 0.717) is 35.5 Å². The Balaban J connectivity index is 1.38. The van der Waals surface area contributed by atoms with Gasteiger partial charge in [0.25, 0.3) is 0 Å². The average Bonchev–Trinajstić information content (AvgIpc) is 3.49. The fraction of sp³-hybridized carbons (Fsp3) is 1.00. The Labute approximate surface area is 244 Å². The van der Waals surface area contributed by atoms with E-state index in [0.717, 1.165) is 25.7 Å². The third kappa shape index (κ3) is 5.13. The molecule has 5 rings (SSSR count). The van der Waals surface area contributed by atoms with Gasteiger partial charge in [-0.15, -0.1) is 0 Å². The van der Waals surface area contributed by atoms with Gasteiger partial charge in [0.2, 0.25) is 0 Å². The number of rotatable bonds is 7. The second-order valence-corrected chi connectivity index (χ2v) is 16.4. The summed E-state index contributed by atoms with van der Waals surface area (Å²) in [6, 6.07) is 0. The smallest absolute Gasteiger partial charge is 0.163 e. The van der Waals surface area contributed by atoms with Crippen LogP contribution >= 0.6 is 0 Å². The average molecular weight is 565 g/mol. The monoisotopic (exact) mass is 564 g/mol. The van der Waals surface area contributed by atoms with Gasteiger partial charge in [0.15, 0.2) is 11.6 Å². The SMILES string of the molecule is CC(C)[C@@H](C)[C@H]1OC(C)(C)O[C@@H]1[C@@H](C)[C@H]1CC[C@H]2C(CO)C([C@@]3(C)C[C@H]4OC(C)(C)O[C@H]4C[C@@H]3CO)CC[C@]12C. The minimum atomic E-state index is -0.567. The summed E-state index contributed by atoms with van der Waals surface area (Å²) >= 11 is 0. The van der Waals surface area contributed by atoms with Crippen LogP contribution in [0.4, 0.5) is 0 Å². The predicted molar refractivity (Wildman–Crippen MR) is 156 cm³/mol. The molecule has 5 fully saturated rings. The van der Waals surface area contributed by atoms with E-state index in [2.05, 4.69) is 55.4 Å². The molecule has 2 N–H and O–H groups in total. The number of aliphatic hydroxyl groups is 2. The van der Waals surface area contributed by atoms with E-state index in [1.54, 1.807) is 0 Å². The topological polar surface area (TPSA) is 77.4 Å². The largest absolute Gasteiger partial charge is 0.396 e. The lowest BCUT2D eigenvalue weighted by Crippen LogP contribution is -2.55. The van der Waals surface area contributed by atoms with E-state index in [1.807, 2.05) is 13.8 Å². The summed E-state index contributed by atoms with van der Waals surface area (Å²) in [5.74, 6) is 2.03. The van der Waals surface area contributed by atoms with E-state index in [-0.39, 0.29) is 60.3 Å². The fourth-order valence-electron chi connectivity index (χ4n) is 10.7. The van der Waals surface area contributed by atoms with Crippen molar-refractivity contribution in [3.05, 3.63) is 0 Å². The van der Waals surface area contributed by atoms with Crippen molar-refractivity contribution in [1.29, 1.82) is 0 Å². The maximum absolute atomic E-state index is 11.0. The second kappa shape index (κ2) is 10.7. The Morgan fingerprint density at radius 2 is 1.30 bits per heavy atom. The van der Waals surface area contributed by atoms with Crippen LogP contribution in [0.25, 0.3) is 0 Å². The van der Waals surface area contributed by atoms with Gasteiger partial charge in [-0.25, -0.2) is 0 Å². The van der Waals surface area contributed by atoms with Gasteiger partial charge in [-0.05, 0) is 124 Å². The Bertz CT molecular complexity index is 903. The summed E-state index contributed by atoms with van der Waals surface area (Å²) in [4.78, 5) is 0. The first kappa shape index (κ1) is 31.2. The first-order chi connectivity index (χ1) is 18.6. The summed E-state index contributed by atoms with van der Waals surface area (Å²) in [6.45, 7) is 22.8. The normalized spacial score (nSPS) is 49.6. The zero-order chi connectivity index (χ0) is 29.4. The molecule has 0 radical (unpaired) electrons. The summed E-state index contributed by atoms with van der Waals surface area (Å²) in [6.07, 6.45) is 6.65. The van der Waals surface area contributed by atoms with Crippen molar-refractivity contribution < 1.29 is 29.2 Å². The lowest BCUT2D eigenvalue weighted by Gasteiger charge is -2.58. The zero-order valence-corrected chi connectivity index (χ0v) is 27.1. The molecule has 3 saturated carbocycles. The van der Waals surface area contributed by atoms with Gasteiger partial charge in [0, 0.05) is 13.2 Å². The molecular formula is C34H60O6. The first-order valence-corrected chi connectivity index (χ1v) is 16.5. The number of aliphatic hydroxyl groups excluding tert-OH is 2. The molecule has 2 aliphatic heterocycles. The lowest BCUT2D eigenvalue weighted by atomic mass is 9.48. The first-order valence-electron chi connectivity index (χ1n) is 16.5. The van der Waals surface area contributed by atoms with Gasteiger partial charge < -0.3 is 29.2 Å². The van der Waals surface area contributed by atoms with Crippen molar-refractivity contribution in [2.45, 2.75) is 144 Å². The van der Waals surface area contributed by atoms with Gasteiger partial charge in [0.05, 0.1) is 24.4 Å². The van der Waals surface area contributed by atoms with E-state index in [1.165, 1.54) is 12.8 Å². The van der Waals surface area contributed by atoms with Gasteiger partial charge in [0.1, 0.15) is 0 Å². The third-order valence-corrected chi connectivity index (χ3v) is 13.1. The van der Waals surface area contributed by atoms with Crippen LogP contribution in [-0.2, 0) is 18.9 Å². The van der Waals surface area contributed by atoms with Crippen molar-refractivity contribution >= 4 is 0 Å². The number of hydrogen-bond acceptors (Lipinski definition) is 6. The maximum Gasteiger partial charge on any atom is 0.163 e. The maximum atomic E-state index is 11.0. The van der Waals surface area contributed by atoms with Crippen LogP contribution in [0.3, 0.4) is 0 Å². The Kier molecular flexibility index (Phi) is 8.37. The van der Waals surface area contributed by atoms with Crippen LogP contribution in [0.2, 0.25) is 0 Å². The molecule has 2 unspecified atom stereocenters. The summed E-state index contributed by atoms with van der Waals surface area (Å²) in [7, 11) is 0. The molecule has 6 nitrogen and oxygen atoms in total. The van der Waals surface area contributed by atoms with Crippen LogP contribution < -0.4 is 0 Å². The minimum Gasteiger partial charge on any atom is -0.396 e. The highest BCUT2D eigenvalue weighted by Gasteiger charge is 2.62. The van der Waals surface area contributed by atoms with Crippen molar-refractivity contribution in [2.24, 2.45) is 58.2 Å². The van der Waals surface area contributed by atoms with Crippen molar-refractivity contribution in [1.82, 2.24) is 0 Å². The van der Waals surface area contributed by atoms with Gasteiger partial charge >= 0.3 is 0 Å². The molecule has 0 bridgehead atoms. The summed E-state index contributed by atoms with van der Waals surface area (Å²) in [5, 5.41) is 21.6. The van der Waals surface area contributed by atoms with Gasteiger partial charge in [-0.1, -0.05) is 41.5 Å². The molecular weight excluding hydrogens is 504 g/mol. The van der Waals surface area contributed by atoms with Crippen LogP contribution in [-0.4, -0.2) is 59.4 Å². The van der Waals surface area contributed by atoms with Gasteiger partial charge in [-0.2, -0.15) is 0 Å². The van der Waals surface area contributed by atoms with E-state index in [9.17, 15) is 10.2 Å². The van der Waals surface area contributed by atoms with Crippen molar-refractivity contribution in [2.75, 3.05) is 13.2 Å². The molecule has 5 aliphatic rings. The molecule has 13 atom stereocenters. The molecule has 2 heterocycles. The van der Waals surface area contributed by atoms with E-state index >= 15 is 0 Å². The standard InChI is InChI=1S/C34H60O6/c1-19(2)20(3)29-30(40-32(7,8)39-29)21(4)24-11-12-25-23(18-36)26(13-14-33(24,25)9)34(10)16-28-27(15-22(34)17-35)37-31(5,6)38-28/h19-30,35-36H,11-18H2,1-10H3/t20-,21+,22-,23?,24-,25+,26?,27+,28-,29-,30-,33-,34+/m1/s1. The Hall–Kier alpha value is -0.240. The van der Waals surface area contributed by atoms with Crippen molar-refractivity contribution in [3.8, 4) is 0 Å². The van der Waals surface area contributed by atoms with Crippen LogP contribution in [0, 0.1) is 58.2 Å². The third-order valence-electron chi connectivity index (χ3n) is 13.1. The van der Waals surface area contributed by atoms with Gasteiger partial charge in [-0.3, -0.25) is 0 Å². The highest BCUT2D eigenvalue weighted by atomic mass is 16.8. The fourth-order valence-corrected chi connectivity index (χ4v) is 10.7. The number of fused-ring (bicyclic) bond motifs is 2. The number of hydrogen-bond donors (Lipinski definition) is 2. The Morgan fingerprint density at radius 3 is 1.93 bits per heavy atom. The molecule has 6 heteroatoms. The molecule has 2 saturated heterocycles. The molecule has 0 aromatic rings. The van der Waals surface area contributed by atoms with E-state index in [4.69, 9.17) is 18.9 Å². The molecule has 0 amide bonds. The van der Waals surface area contributed by atoms with Crippen LogP contribution in [0.1, 0.15) is 108 Å². The Morgan fingerprint density at radius 1 is 0.700 bits per heavy atom. The molecule has 232 valence electrons.